The van der Waals surface area contributed by atoms with Crippen LogP contribution in [0.3, 0.4) is 0 Å². The van der Waals surface area contributed by atoms with Crippen molar-refractivity contribution >= 4 is 17.5 Å². The summed E-state index contributed by atoms with van der Waals surface area (Å²) in [5, 5.41) is 5.48. The highest BCUT2D eigenvalue weighted by atomic mass is 16.3. The monoisotopic (exact) mass is 349 g/mol. The molecule has 132 valence electrons. The Hall–Kier alpha value is -3.41. The van der Waals surface area contributed by atoms with Crippen LogP contribution >= 0.6 is 0 Å². The van der Waals surface area contributed by atoms with E-state index in [1.807, 2.05) is 24.3 Å². The lowest BCUT2D eigenvalue weighted by atomic mass is 10.1. The summed E-state index contributed by atoms with van der Waals surface area (Å²) in [6.45, 7) is 2.33. The maximum absolute atomic E-state index is 12.4. The maximum atomic E-state index is 12.4. The molecule has 0 fully saturated rings. The van der Waals surface area contributed by atoms with Crippen LogP contribution in [0.1, 0.15) is 39.2 Å². The van der Waals surface area contributed by atoms with Gasteiger partial charge in [-0.2, -0.15) is 0 Å². The molecule has 0 aliphatic rings. The van der Waals surface area contributed by atoms with Crippen LogP contribution in [0.2, 0.25) is 0 Å². The Morgan fingerprint density at radius 1 is 0.962 bits per heavy atom. The number of hydrogen-bond donors (Lipinski definition) is 2. The Morgan fingerprint density at radius 2 is 1.69 bits per heavy atom. The predicted octanol–water partition coefficient (Wildman–Crippen LogP) is 3.42. The van der Waals surface area contributed by atoms with Crippen molar-refractivity contribution < 1.29 is 14.0 Å². The average molecular weight is 349 g/mol. The summed E-state index contributed by atoms with van der Waals surface area (Å²) in [6, 6.07) is 15.9. The minimum Gasteiger partial charge on any atom is -0.467 e. The van der Waals surface area contributed by atoms with Crippen LogP contribution in [0.5, 0.6) is 0 Å². The highest BCUT2D eigenvalue weighted by Crippen LogP contribution is 2.11. The van der Waals surface area contributed by atoms with E-state index in [0.717, 1.165) is 6.42 Å². The third-order valence-electron chi connectivity index (χ3n) is 3.84. The zero-order chi connectivity index (χ0) is 18.4. The third kappa shape index (κ3) is 4.36. The second-order valence-electron chi connectivity index (χ2n) is 5.67. The van der Waals surface area contributed by atoms with E-state index in [0.29, 0.717) is 11.4 Å². The summed E-state index contributed by atoms with van der Waals surface area (Å²) in [4.78, 5) is 28.7. The number of carbonyl (C=O) groups excluding carboxylic acids is 2. The van der Waals surface area contributed by atoms with E-state index in [-0.39, 0.29) is 29.7 Å². The lowest BCUT2D eigenvalue weighted by Gasteiger charge is -2.07. The van der Waals surface area contributed by atoms with Gasteiger partial charge >= 0.3 is 0 Å². The molecule has 0 unspecified atom stereocenters. The molecule has 0 bridgehead atoms. The molecular formula is C20H19N3O3. The van der Waals surface area contributed by atoms with Gasteiger partial charge in [0.25, 0.3) is 11.8 Å². The predicted molar refractivity (Wildman–Crippen MR) is 97.9 cm³/mol. The summed E-state index contributed by atoms with van der Waals surface area (Å²) in [5.41, 5.74) is 2.22. The normalized spacial score (nSPS) is 10.3. The van der Waals surface area contributed by atoms with E-state index in [9.17, 15) is 9.59 Å². The van der Waals surface area contributed by atoms with Gasteiger partial charge in [-0.3, -0.25) is 9.59 Å². The molecule has 2 aromatic heterocycles. The van der Waals surface area contributed by atoms with E-state index in [2.05, 4.69) is 22.5 Å². The van der Waals surface area contributed by atoms with Crippen LogP contribution in [0.15, 0.2) is 65.3 Å². The van der Waals surface area contributed by atoms with Gasteiger partial charge in [0.15, 0.2) is 0 Å². The van der Waals surface area contributed by atoms with Gasteiger partial charge < -0.3 is 15.1 Å². The summed E-state index contributed by atoms with van der Waals surface area (Å²) >= 11 is 0. The number of benzene rings is 1. The number of aromatic nitrogens is 1. The quantitative estimate of drug-likeness (QED) is 0.714. The lowest BCUT2D eigenvalue weighted by Crippen LogP contribution is -2.24. The minimum atomic E-state index is -0.372. The van der Waals surface area contributed by atoms with Crippen molar-refractivity contribution in [2.75, 3.05) is 5.32 Å². The number of amides is 2. The molecule has 6 nitrogen and oxygen atoms in total. The van der Waals surface area contributed by atoms with Crippen molar-refractivity contribution in [1.82, 2.24) is 10.3 Å². The third-order valence-corrected chi connectivity index (χ3v) is 3.84. The van der Waals surface area contributed by atoms with Gasteiger partial charge in [-0.1, -0.05) is 25.1 Å². The average Bonchev–Trinajstić information content (AvgIpc) is 3.20. The SMILES string of the molecule is CCc1ccc(NC(=O)c2cccc(C(=O)NCc3ccco3)n2)cc1. The Balaban J connectivity index is 1.65. The molecule has 3 aromatic rings. The molecule has 0 aliphatic heterocycles. The van der Waals surface area contributed by atoms with Crippen molar-refractivity contribution in [3.8, 4) is 0 Å². The number of rotatable bonds is 6. The van der Waals surface area contributed by atoms with Crippen LogP contribution < -0.4 is 10.6 Å². The van der Waals surface area contributed by atoms with Crippen molar-refractivity contribution in [3.05, 3.63) is 83.6 Å². The Labute approximate surface area is 151 Å². The van der Waals surface area contributed by atoms with E-state index in [1.54, 1.807) is 30.3 Å². The van der Waals surface area contributed by atoms with Gasteiger partial charge in [0, 0.05) is 5.69 Å². The van der Waals surface area contributed by atoms with Crippen LogP contribution in [0, 0.1) is 0 Å². The fourth-order valence-corrected chi connectivity index (χ4v) is 2.38. The Kier molecular flexibility index (Phi) is 5.43. The summed E-state index contributed by atoms with van der Waals surface area (Å²) in [6.07, 6.45) is 2.47. The van der Waals surface area contributed by atoms with Crippen LogP contribution in [-0.2, 0) is 13.0 Å². The summed E-state index contributed by atoms with van der Waals surface area (Å²) in [5.74, 6) is -0.0962. The standard InChI is InChI=1S/C20H19N3O3/c1-2-14-8-10-15(11-9-14)22-20(25)18-7-3-6-17(23-18)19(24)21-13-16-5-4-12-26-16/h3-12H,2,13H2,1H3,(H,21,24)(H,22,25). The maximum Gasteiger partial charge on any atom is 0.274 e. The highest BCUT2D eigenvalue weighted by Gasteiger charge is 2.13. The molecule has 26 heavy (non-hydrogen) atoms. The van der Waals surface area contributed by atoms with E-state index < -0.39 is 0 Å². The number of carbonyl (C=O) groups is 2. The van der Waals surface area contributed by atoms with Gasteiger partial charge in [0.05, 0.1) is 12.8 Å². The van der Waals surface area contributed by atoms with Crippen LogP contribution in [0.25, 0.3) is 0 Å². The van der Waals surface area contributed by atoms with Crippen molar-refractivity contribution in [3.63, 3.8) is 0 Å². The molecule has 2 heterocycles. The highest BCUT2D eigenvalue weighted by molar-refractivity contribution is 6.03. The molecule has 2 N–H and O–H groups in total. The number of hydrogen-bond acceptors (Lipinski definition) is 4. The van der Waals surface area contributed by atoms with Crippen molar-refractivity contribution in [2.24, 2.45) is 0 Å². The Morgan fingerprint density at radius 3 is 2.35 bits per heavy atom. The first kappa shape index (κ1) is 17.4. The molecular weight excluding hydrogens is 330 g/mol. The zero-order valence-electron chi connectivity index (χ0n) is 14.4. The van der Waals surface area contributed by atoms with Crippen molar-refractivity contribution in [2.45, 2.75) is 19.9 Å². The summed E-state index contributed by atoms with van der Waals surface area (Å²) in [7, 11) is 0. The number of nitrogens with one attached hydrogen (secondary N) is 2. The number of furan rings is 1. The number of anilines is 1. The first-order valence-electron chi connectivity index (χ1n) is 8.33. The molecule has 0 spiro atoms. The van der Waals surface area contributed by atoms with Gasteiger partial charge in [-0.25, -0.2) is 4.98 Å². The second-order valence-corrected chi connectivity index (χ2v) is 5.67. The number of aryl methyl sites for hydroxylation is 1. The topological polar surface area (TPSA) is 84.2 Å². The van der Waals surface area contributed by atoms with Gasteiger partial charge in [0.2, 0.25) is 0 Å². The van der Waals surface area contributed by atoms with E-state index in [1.165, 1.54) is 11.8 Å². The van der Waals surface area contributed by atoms with Crippen LogP contribution in [-0.4, -0.2) is 16.8 Å². The number of nitrogens with zero attached hydrogens (tertiary/aromatic N) is 1. The van der Waals surface area contributed by atoms with E-state index in [4.69, 9.17) is 4.42 Å². The first-order valence-corrected chi connectivity index (χ1v) is 8.33. The molecule has 0 saturated carbocycles. The molecule has 0 atom stereocenters. The fourth-order valence-electron chi connectivity index (χ4n) is 2.38. The van der Waals surface area contributed by atoms with Gasteiger partial charge in [-0.05, 0) is 48.4 Å². The Bertz CT molecular complexity index is 887. The first-order chi connectivity index (χ1) is 12.7. The zero-order valence-corrected chi connectivity index (χ0v) is 14.4. The molecule has 6 heteroatoms. The van der Waals surface area contributed by atoms with E-state index >= 15 is 0 Å². The van der Waals surface area contributed by atoms with Crippen molar-refractivity contribution in [1.29, 1.82) is 0 Å². The number of pyridine rings is 1. The van der Waals surface area contributed by atoms with Crippen LogP contribution in [0.4, 0.5) is 5.69 Å². The summed E-state index contributed by atoms with van der Waals surface area (Å²) < 4.78 is 5.17. The molecule has 0 aliphatic carbocycles. The molecule has 3 rings (SSSR count). The minimum absolute atomic E-state index is 0.172. The molecule has 1 aromatic carbocycles. The molecule has 0 radical (unpaired) electrons. The van der Waals surface area contributed by atoms with Gasteiger partial charge in [-0.15, -0.1) is 0 Å². The smallest absolute Gasteiger partial charge is 0.274 e. The fraction of sp³-hybridized carbons (Fsp3) is 0.150. The molecule has 0 saturated heterocycles. The lowest BCUT2D eigenvalue weighted by molar-refractivity contribution is 0.0943. The largest absolute Gasteiger partial charge is 0.467 e. The molecule has 2 amide bonds. The second kappa shape index (κ2) is 8.11. The van der Waals surface area contributed by atoms with Gasteiger partial charge in [0.1, 0.15) is 17.1 Å².